The Bertz CT molecular complexity index is 114. The van der Waals surface area contributed by atoms with E-state index in [-0.39, 0.29) is 0 Å². The minimum absolute atomic E-state index is 0.506. The minimum atomic E-state index is -0.506. The van der Waals surface area contributed by atoms with E-state index in [9.17, 15) is 4.79 Å². The van der Waals surface area contributed by atoms with Crippen molar-refractivity contribution in [1.29, 1.82) is 0 Å². The third-order valence-electron chi connectivity index (χ3n) is 0.955. The highest BCUT2D eigenvalue weighted by atomic mass is 32.2. The fourth-order valence-electron chi connectivity index (χ4n) is 0.364. The monoisotopic (exact) mass is 147 g/mol. The molecule has 1 aliphatic carbocycles. The standard InChI is InChI=1S/C4H9N3OS/c5-4(8)7-9-6-3-1-2-3/h3,6H,1-2H2,(H3,5,7,8). The number of hydrogen-bond acceptors (Lipinski definition) is 3. The fourth-order valence-corrected chi connectivity index (χ4v) is 0.926. The molecule has 0 aromatic carbocycles. The number of urea groups is 1. The molecular formula is C4H9N3OS. The van der Waals surface area contributed by atoms with Crippen molar-refractivity contribution in [2.24, 2.45) is 5.73 Å². The molecule has 4 N–H and O–H groups in total. The van der Waals surface area contributed by atoms with Gasteiger partial charge in [0.15, 0.2) is 0 Å². The van der Waals surface area contributed by atoms with Gasteiger partial charge in [0.05, 0.1) is 0 Å². The van der Waals surface area contributed by atoms with Crippen molar-refractivity contribution < 1.29 is 4.79 Å². The van der Waals surface area contributed by atoms with E-state index in [1.54, 1.807) is 0 Å². The maximum absolute atomic E-state index is 10.1. The van der Waals surface area contributed by atoms with Crippen LogP contribution in [0, 0.1) is 0 Å². The molecule has 9 heavy (non-hydrogen) atoms. The zero-order chi connectivity index (χ0) is 6.69. The molecule has 1 saturated carbocycles. The van der Waals surface area contributed by atoms with E-state index in [1.807, 2.05) is 0 Å². The number of hydrogen-bond donors (Lipinski definition) is 3. The molecule has 0 aliphatic heterocycles. The van der Waals surface area contributed by atoms with Gasteiger partial charge in [-0.15, -0.1) is 0 Å². The molecule has 0 saturated heterocycles. The van der Waals surface area contributed by atoms with Gasteiger partial charge in [-0.25, -0.2) is 9.52 Å². The van der Waals surface area contributed by atoms with Gasteiger partial charge in [0.2, 0.25) is 0 Å². The van der Waals surface area contributed by atoms with Crippen LogP contribution in [0.3, 0.4) is 0 Å². The Hall–Kier alpha value is -0.420. The molecule has 1 aliphatic rings. The van der Waals surface area contributed by atoms with Crippen LogP contribution in [0.15, 0.2) is 0 Å². The molecule has 52 valence electrons. The summed E-state index contributed by atoms with van der Waals surface area (Å²) in [5.41, 5.74) is 4.79. The number of nitrogens with two attached hydrogens (primary N) is 1. The Kier molecular flexibility index (Phi) is 2.18. The van der Waals surface area contributed by atoms with Crippen LogP contribution < -0.4 is 15.2 Å². The third kappa shape index (κ3) is 3.21. The van der Waals surface area contributed by atoms with E-state index in [2.05, 4.69) is 9.44 Å². The molecule has 0 radical (unpaired) electrons. The van der Waals surface area contributed by atoms with E-state index < -0.39 is 6.03 Å². The predicted molar refractivity (Wildman–Crippen MR) is 36.5 cm³/mol. The molecular weight excluding hydrogens is 138 g/mol. The summed E-state index contributed by atoms with van der Waals surface area (Å²) in [6, 6.07) is 0.0787. The van der Waals surface area contributed by atoms with E-state index in [0.717, 1.165) is 12.1 Å². The van der Waals surface area contributed by atoms with Gasteiger partial charge in [-0.2, -0.15) is 0 Å². The quantitative estimate of drug-likeness (QED) is 0.491. The summed E-state index contributed by atoms with van der Waals surface area (Å²) in [4.78, 5) is 10.1. The van der Waals surface area contributed by atoms with Gasteiger partial charge in [0.25, 0.3) is 0 Å². The van der Waals surface area contributed by atoms with Crippen LogP contribution in [0.1, 0.15) is 12.8 Å². The summed E-state index contributed by atoms with van der Waals surface area (Å²) >= 11 is 1.16. The minimum Gasteiger partial charge on any atom is -0.351 e. The molecule has 2 amide bonds. The van der Waals surface area contributed by atoms with Crippen LogP contribution >= 0.6 is 12.1 Å². The van der Waals surface area contributed by atoms with Crippen molar-refractivity contribution in [2.75, 3.05) is 0 Å². The van der Waals surface area contributed by atoms with Crippen LogP contribution in [0.2, 0.25) is 0 Å². The summed E-state index contributed by atoms with van der Waals surface area (Å²) in [6.07, 6.45) is 2.40. The summed E-state index contributed by atoms with van der Waals surface area (Å²) in [7, 11) is 0. The van der Waals surface area contributed by atoms with Crippen molar-refractivity contribution in [3.8, 4) is 0 Å². The lowest BCUT2D eigenvalue weighted by molar-refractivity contribution is 0.254. The predicted octanol–water partition coefficient (Wildman–Crippen LogP) is -0.0301. The summed E-state index contributed by atoms with van der Waals surface area (Å²) in [5, 5.41) is 0. The first-order chi connectivity index (χ1) is 4.29. The Morgan fingerprint density at radius 3 is 2.78 bits per heavy atom. The molecule has 0 aromatic heterocycles. The van der Waals surface area contributed by atoms with Crippen LogP contribution in [0.5, 0.6) is 0 Å². The van der Waals surface area contributed by atoms with Gasteiger partial charge in [0, 0.05) is 18.2 Å². The average molecular weight is 147 g/mol. The zero-order valence-electron chi connectivity index (χ0n) is 4.89. The largest absolute Gasteiger partial charge is 0.351 e. The Labute approximate surface area is 57.8 Å². The number of amides is 2. The van der Waals surface area contributed by atoms with Gasteiger partial charge in [-0.1, -0.05) is 0 Å². The summed E-state index contributed by atoms with van der Waals surface area (Å²) < 4.78 is 5.35. The van der Waals surface area contributed by atoms with Crippen LogP contribution in [-0.4, -0.2) is 12.1 Å². The van der Waals surface area contributed by atoms with Crippen molar-refractivity contribution in [1.82, 2.24) is 9.44 Å². The lowest BCUT2D eigenvalue weighted by Crippen LogP contribution is -2.27. The molecule has 5 heteroatoms. The first-order valence-corrected chi connectivity index (χ1v) is 3.57. The second kappa shape index (κ2) is 2.93. The Morgan fingerprint density at radius 2 is 2.33 bits per heavy atom. The van der Waals surface area contributed by atoms with Crippen molar-refractivity contribution in [2.45, 2.75) is 18.9 Å². The molecule has 4 nitrogen and oxygen atoms in total. The number of carbonyl (C=O) groups is 1. The molecule has 1 rings (SSSR count). The molecule has 1 fully saturated rings. The van der Waals surface area contributed by atoms with Gasteiger partial charge >= 0.3 is 6.03 Å². The first-order valence-electron chi connectivity index (χ1n) is 2.76. The lowest BCUT2D eigenvalue weighted by Gasteiger charge is -1.98. The molecule has 0 unspecified atom stereocenters. The SMILES string of the molecule is NC(=O)NSNC1CC1. The molecule has 0 atom stereocenters. The van der Waals surface area contributed by atoms with E-state index in [1.165, 1.54) is 12.8 Å². The van der Waals surface area contributed by atoms with Crippen molar-refractivity contribution in [3.05, 3.63) is 0 Å². The first kappa shape index (κ1) is 6.70. The summed E-state index contributed by atoms with van der Waals surface area (Å²) in [6.45, 7) is 0. The average Bonchev–Trinajstić information content (AvgIpc) is 2.48. The number of carbonyl (C=O) groups excluding carboxylic acids is 1. The molecule has 0 heterocycles. The van der Waals surface area contributed by atoms with Crippen LogP contribution in [-0.2, 0) is 0 Å². The van der Waals surface area contributed by atoms with Crippen LogP contribution in [0.4, 0.5) is 4.79 Å². The zero-order valence-corrected chi connectivity index (χ0v) is 5.70. The maximum atomic E-state index is 10.1. The molecule has 0 aromatic rings. The number of rotatable bonds is 3. The smallest absolute Gasteiger partial charge is 0.323 e. The van der Waals surface area contributed by atoms with E-state index in [4.69, 9.17) is 5.73 Å². The van der Waals surface area contributed by atoms with E-state index >= 15 is 0 Å². The Morgan fingerprint density at radius 1 is 1.67 bits per heavy atom. The van der Waals surface area contributed by atoms with Gasteiger partial charge in [0.1, 0.15) is 0 Å². The highest BCUT2D eigenvalue weighted by molar-refractivity contribution is 7.96. The van der Waals surface area contributed by atoms with Crippen LogP contribution in [0.25, 0.3) is 0 Å². The lowest BCUT2D eigenvalue weighted by atomic mass is 10.8. The Balaban J connectivity index is 1.86. The second-order valence-electron chi connectivity index (χ2n) is 1.96. The normalized spacial score (nSPS) is 17.3. The maximum Gasteiger partial charge on any atom is 0.323 e. The number of primary amides is 1. The third-order valence-corrected chi connectivity index (χ3v) is 1.71. The van der Waals surface area contributed by atoms with E-state index in [0.29, 0.717) is 6.04 Å². The highest BCUT2D eigenvalue weighted by Gasteiger charge is 2.20. The second-order valence-corrected chi connectivity index (χ2v) is 2.60. The highest BCUT2D eigenvalue weighted by Crippen LogP contribution is 2.20. The topological polar surface area (TPSA) is 67.2 Å². The van der Waals surface area contributed by atoms with Gasteiger partial charge < -0.3 is 5.73 Å². The van der Waals surface area contributed by atoms with Crippen molar-refractivity contribution in [3.63, 3.8) is 0 Å². The molecule has 0 bridgehead atoms. The fraction of sp³-hybridized carbons (Fsp3) is 0.750. The van der Waals surface area contributed by atoms with Gasteiger partial charge in [-0.05, 0) is 12.8 Å². The van der Waals surface area contributed by atoms with Gasteiger partial charge in [-0.3, -0.25) is 4.72 Å². The van der Waals surface area contributed by atoms with Crippen molar-refractivity contribution >= 4 is 18.2 Å². The molecule has 0 spiro atoms. The number of nitrogens with one attached hydrogen (secondary N) is 2. The summed E-state index contributed by atoms with van der Waals surface area (Å²) in [5.74, 6) is 0.